The maximum Gasteiger partial charge on any atom is 0.429 e. The van der Waals surface area contributed by atoms with Gasteiger partial charge in [0.05, 0.1) is 37.4 Å². The van der Waals surface area contributed by atoms with Crippen molar-refractivity contribution in [1.82, 2.24) is 26.0 Å². The third-order valence-corrected chi connectivity index (χ3v) is 14.8. The molecule has 1 aromatic rings. The summed E-state index contributed by atoms with van der Waals surface area (Å²) in [6.07, 6.45) is 9.63. The summed E-state index contributed by atoms with van der Waals surface area (Å²) < 4.78 is 29.3. The van der Waals surface area contributed by atoms with Crippen LogP contribution in [0.1, 0.15) is 131 Å². The lowest BCUT2D eigenvalue weighted by Crippen LogP contribution is -2.56. The van der Waals surface area contributed by atoms with E-state index in [1.165, 1.54) is 41.2 Å². The number of carbonyl (C=O) groups excluding carboxylic acids is 7. The number of anilines is 1. The van der Waals surface area contributed by atoms with Gasteiger partial charge in [-0.05, 0) is 114 Å². The number of hydrogen-bond donors (Lipinski definition) is 7. The number of unbranched alkanes of at least 4 members (excludes halogenated alkanes) is 2. The lowest BCUT2D eigenvalue weighted by atomic mass is 9.87. The van der Waals surface area contributed by atoms with Crippen molar-refractivity contribution in [3.05, 3.63) is 65.8 Å². The lowest BCUT2D eigenvalue weighted by Gasteiger charge is -2.40. The Bertz CT molecular complexity index is 2380. The van der Waals surface area contributed by atoms with E-state index in [0.29, 0.717) is 50.8 Å². The van der Waals surface area contributed by atoms with Crippen LogP contribution in [-0.4, -0.2) is 161 Å². The van der Waals surface area contributed by atoms with Crippen LogP contribution in [0, 0.1) is 11.8 Å². The number of amides is 7. The number of aliphatic hydroxyl groups is 1. The number of hydrazine groups is 1. The zero-order chi connectivity index (χ0) is 58.7. The average molecular weight is 1120 g/mol. The minimum atomic E-state index is -1.39. The van der Waals surface area contributed by atoms with Crippen LogP contribution in [0.2, 0.25) is 0 Å². The lowest BCUT2D eigenvalue weighted by molar-refractivity contribution is -0.163. The van der Waals surface area contributed by atoms with Gasteiger partial charge in [-0.25, -0.2) is 24.4 Å². The molecular weight excluding hydrogens is 1040 g/mol. The van der Waals surface area contributed by atoms with Crippen LogP contribution in [0.5, 0.6) is 0 Å². The molecule has 1 spiro atoms. The molecule has 11 atom stereocenters. The zero-order valence-electron chi connectivity index (χ0n) is 47.5. The number of allylic oxidation sites excluding steroid dienone is 2. The monoisotopic (exact) mass is 1120 g/mol. The summed E-state index contributed by atoms with van der Waals surface area (Å²) in [5.74, 6) is -3.68. The quantitative estimate of drug-likeness (QED) is 0.0211. The molecule has 444 valence electrons. The summed E-state index contributed by atoms with van der Waals surface area (Å²) in [6, 6.07) is 2.81. The first kappa shape index (κ1) is 64.4. The third kappa shape index (κ3) is 19.4. The van der Waals surface area contributed by atoms with E-state index in [1.807, 2.05) is 26.0 Å². The average Bonchev–Trinajstić information content (AvgIpc) is 4.38. The number of rotatable bonds is 27. The van der Waals surface area contributed by atoms with E-state index in [9.17, 15) is 48.6 Å². The van der Waals surface area contributed by atoms with Gasteiger partial charge in [0.2, 0.25) is 17.7 Å². The van der Waals surface area contributed by atoms with E-state index in [0.717, 1.165) is 23.3 Å². The highest BCUT2D eigenvalue weighted by Gasteiger charge is 2.58. The smallest absolute Gasteiger partial charge is 0.429 e. The molecule has 4 saturated heterocycles. The number of nitrogens with one attached hydrogen (secondary N) is 3. The first-order valence-electron chi connectivity index (χ1n) is 28.1. The van der Waals surface area contributed by atoms with Gasteiger partial charge >= 0.3 is 24.1 Å². The van der Waals surface area contributed by atoms with E-state index in [2.05, 4.69) is 22.9 Å². The number of carboxylic acids is 1. The Morgan fingerprint density at radius 2 is 1.65 bits per heavy atom. The fourth-order valence-electron chi connectivity index (χ4n) is 10.2. The van der Waals surface area contributed by atoms with Crippen molar-refractivity contribution in [2.45, 2.75) is 192 Å². The Balaban J connectivity index is 1.19. The van der Waals surface area contributed by atoms with E-state index < -0.39 is 78.0 Å². The van der Waals surface area contributed by atoms with E-state index in [4.69, 9.17) is 35.2 Å². The second-order valence-electron chi connectivity index (χ2n) is 21.8. The summed E-state index contributed by atoms with van der Waals surface area (Å²) in [5, 5.41) is 32.7. The summed E-state index contributed by atoms with van der Waals surface area (Å²) in [6.45, 7) is 13.5. The molecule has 23 heteroatoms. The predicted molar refractivity (Wildman–Crippen MR) is 295 cm³/mol. The van der Waals surface area contributed by atoms with Gasteiger partial charge in [0, 0.05) is 51.2 Å². The molecule has 0 unspecified atom stereocenters. The van der Waals surface area contributed by atoms with Crippen molar-refractivity contribution in [2.75, 3.05) is 37.7 Å². The molecule has 9 N–H and O–H groups in total. The van der Waals surface area contributed by atoms with E-state index in [-0.39, 0.29) is 106 Å². The van der Waals surface area contributed by atoms with Crippen molar-refractivity contribution in [2.24, 2.45) is 23.3 Å². The molecule has 4 aliphatic rings. The number of carbonyl (C=O) groups is 8. The molecule has 0 radical (unpaired) electrons. The topological polar surface area (TPSA) is 324 Å². The molecule has 7 amide bonds. The first-order chi connectivity index (χ1) is 38.0. The highest BCUT2D eigenvalue weighted by Crippen LogP contribution is 2.44. The van der Waals surface area contributed by atoms with Gasteiger partial charge in [0.15, 0.2) is 0 Å². The number of benzene rings is 1. The third-order valence-electron chi connectivity index (χ3n) is 14.8. The van der Waals surface area contributed by atoms with E-state index in [1.54, 1.807) is 39.0 Å². The van der Waals surface area contributed by atoms with Crippen LogP contribution in [0.15, 0.2) is 60.2 Å². The molecule has 5 rings (SSSR count). The van der Waals surface area contributed by atoms with Crippen molar-refractivity contribution >= 4 is 53.4 Å². The fourth-order valence-corrected chi connectivity index (χ4v) is 10.2. The van der Waals surface area contributed by atoms with Crippen LogP contribution in [0.25, 0.3) is 0 Å². The molecule has 0 aromatic heterocycles. The highest BCUT2D eigenvalue weighted by molar-refractivity contribution is 6.03. The zero-order valence-corrected chi connectivity index (χ0v) is 47.5. The van der Waals surface area contributed by atoms with Crippen molar-refractivity contribution in [1.29, 1.82) is 0 Å². The van der Waals surface area contributed by atoms with Gasteiger partial charge in [-0.1, -0.05) is 63.1 Å². The molecule has 4 aliphatic heterocycles. The number of aliphatic carboxylic acids is 1. The summed E-state index contributed by atoms with van der Waals surface area (Å²) in [5.41, 5.74) is 11.6. The Hall–Kier alpha value is -6.40. The molecule has 0 saturated carbocycles. The standard InChI is InChI=1S/C57H86N8O15/c1-35(2)51(62-48(67)15-9-8-10-26-58)53(71)65(45(54(72)73)14-13-27-60-55(59)74)42-21-19-41(20-22-42)33-76-56(75)64-29-12-11-28-63(64)50(69)31-43-32-57(34-77-57)52(70)47(80-43)24-17-36(3)16-23-46-37(4)30-44(39(6)79-46)61-49(68)25-18-38(5)78-40(7)66/h16-22,24-25,35,37-39,43-47,51-52,70H,8-15,23,26-34,58H2,1-7H3,(H,61,68)(H,62,67)(H,72,73)(H3,59,60,74)/b24-17+,25-18-,36-16+/t37-,38-,39+,43+,44+,45-,46-,47+,51-,52+,57+/m0/s1. The Labute approximate surface area is 469 Å². The van der Waals surface area contributed by atoms with Crippen LogP contribution >= 0.6 is 0 Å². The predicted octanol–water partition coefficient (Wildman–Crippen LogP) is 4.43. The Morgan fingerprint density at radius 3 is 2.29 bits per heavy atom. The molecule has 80 heavy (non-hydrogen) atoms. The Morgan fingerprint density at radius 1 is 0.950 bits per heavy atom. The van der Waals surface area contributed by atoms with Gasteiger partial charge in [0.1, 0.15) is 42.6 Å². The molecule has 0 bridgehead atoms. The number of epoxide rings is 1. The summed E-state index contributed by atoms with van der Waals surface area (Å²) >= 11 is 0. The van der Waals surface area contributed by atoms with Gasteiger partial charge in [-0.3, -0.25) is 28.9 Å². The van der Waals surface area contributed by atoms with Crippen LogP contribution in [-0.2, 0) is 59.1 Å². The summed E-state index contributed by atoms with van der Waals surface area (Å²) in [4.78, 5) is 104. The van der Waals surface area contributed by atoms with Crippen molar-refractivity contribution in [3.8, 4) is 0 Å². The highest BCUT2D eigenvalue weighted by atomic mass is 16.6. The fraction of sp³-hybridized carbons (Fsp3) is 0.649. The molecule has 0 aliphatic carbocycles. The van der Waals surface area contributed by atoms with Gasteiger partial charge < -0.3 is 61.3 Å². The number of ether oxygens (including phenoxy) is 5. The van der Waals surface area contributed by atoms with E-state index >= 15 is 0 Å². The maximum atomic E-state index is 14.4. The number of nitrogens with zero attached hydrogens (tertiary/aromatic N) is 3. The minimum Gasteiger partial charge on any atom is -0.480 e. The van der Waals surface area contributed by atoms with Crippen LogP contribution in [0.3, 0.4) is 0 Å². The van der Waals surface area contributed by atoms with Gasteiger partial charge in [-0.15, -0.1) is 0 Å². The summed E-state index contributed by atoms with van der Waals surface area (Å²) in [7, 11) is 0. The number of carboxylic acid groups (broad SMARTS) is 1. The number of urea groups is 1. The maximum absolute atomic E-state index is 14.4. The molecule has 1 aromatic carbocycles. The number of esters is 1. The molecular formula is C57H86N8O15. The van der Waals surface area contributed by atoms with Crippen LogP contribution in [0.4, 0.5) is 15.3 Å². The first-order valence-corrected chi connectivity index (χ1v) is 28.1. The van der Waals surface area contributed by atoms with Crippen molar-refractivity contribution in [3.63, 3.8) is 0 Å². The normalized spacial score (nSPS) is 25.2. The second kappa shape index (κ2) is 31.0. The van der Waals surface area contributed by atoms with Crippen molar-refractivity contribution < 1.29 is 72.3 Å². The number of primary amides is 1. The molecule has 4 fully saturated rings. The van der Waals surface area contributed by atoms with Gasteiger partial charge in [-0.2, -0.15) is 0 Å². The number of aliphatic hydroxyl groups excluding tert-OH is 1. The number of nitrogens with two attached hydrogens (primary N) is 2. The minimum absolute atomic E-state index is 0.0604. The largest absolute Gasteiger partial charge is 0.480 e. The van der Waals surface area contributed by atoms with Gasteiger partial charge in [0.25, 0.3) is 5.91 Å². The second-order valence-corrected chi connectivity index (χ2v) is 21.8. The SMILES string of the molecule is CC(=O)O[C@@H](C)/C=C\C(=O)N[C@@H]1C[C@H](C)[C@H](C/C=C(C)/C=C/[C@H]2O[C@H](CC(=O)N3CCCCN3C(=O)OCc3ccc(N(C(=O)[C@@H](NC(=O)CCCCCN)C(C)C)[C@@H](CCCNC(N)=O)C(=O)O)cc3)C[C@@]3(CO3)[C@@H]2O)O[C@@H]1C. The Kier molecular flexibility index (Phi) is 25.0. The number of hydrogen-bond acceptors (Lipinski definition) is 15. The molecule has 23 nitrogen and oxygen atoms in total. The van der Waals surface area contributed by atoms with Crippen LogP contribution < -0.4 is 32.3 Å². The molecule has 4 heterocycles.